The van der Waals surface area contributed by atoms with Crippen LogP contribution in [-0.2, 0) is 14.1 Å². The fourth-order valence-corrected chi connectivity index (χ4v) is 1.61. The highest BCUT2D eigenvalue weighted by Crippen LogP contribution is 2.56. The average Bonchev–Trinajstić information content (AvgIpc) is 1.78. The SMILES string of the molecule is C[N+](C)(C)CCOC(=O)CP(=O)(Cl)Cl. The van der Waals surface area contributed by atoms with Gasteiger partial charge in [0.15, 0.2) is 0 Å². The van der Waals surface area contributed by atoms with Crippen LogP contribution < -0.4 is 0 Å². The Labute approximate surface area is 93.7 Å². The Kier molecular flexibility index (Phi) is 5.45. The molecule has 0 N–H and O–H groups in total. The van der Waals surface area contributed by atoms with E-state index in [9.17, 15) is 9.36 Å². The van der Waals surface area contributed by atoms with Gasteiger partial charge >= 0.3 is 5.97 Å². The summed E-state index contributed by atoms with van der Waals surface area (Å²) >= 11 is 10.4. The van der Waals surface area contributed by atoms with Crippen LogP contribution in [0.5, 0.6) is 0 Å². The van der Waals surface area contributed by atoms with Gasteiger partial charge in [0, 0.05) is 0 Å². The van der Waals surface area contributed by atoms with Crippen LogP contribution in [0.15, 0.2) is 0 Å². The third-order valence-electron chi connectivity index (χ3n) is 1.34. The van der Waals surface area contributed by atoms with Crippen molar-refractivity contribution in [3.05, 3.63) is 0 Å². The van der Waals surface area contributed by atoms with Crippen molar-refractivity contribution in [2.45, 2.75) is 0 Å². The number of esters is 1. The molecule has 4 nitrogen and oxygen atoms in total. The second-order valence-corrected chi connectivity index (χ2v) is 9.21. The number of carbonyl (C=O) groups excluding carboxylic acids is 1. The molecule has 0 radical (unpaired) electrons. The lowest BCUT2D eigenvalue weighted by molar-refractivity contribution is -0.870. The zero-order chi connectivity index (χ0) is 11.4. The Hall–Kier alpha value is 0.240. The molecule has 0 spiro atoms. The minimum Gasteiger partial charge on any atom is -0.459 e. The predicted octanol–water partition coefficient (Wildman–Crippen LogP) is 1.91. The number of rotatable bonds is 5. The number of halogens is 2. The fourth-order valence-electron chi connectivity index (χ4n) is 0.629. The Morgan fingerprint density at radius 1 is 1.36 bits per heavy atom. The lowest BCUT2D eigenvalue weighted by Crippen LogP contribution is -2.38. The van der Waals surface area contributed by atoms with Crippen molar-refractivity contribution < 1.29 is 18.6 Å². The normalized spacial score (nSPS) is 12.6. The minimum absolute atomic E-state index is 0.274. The first-order valence-corrected chi connectivity index (χ1v) is 7.75. The van der Waals surface area contributed by atoms with Gasteiger partial charge in [0.1, 0.15) is 19.3 Å². The van der Waals surface area contributed by atoms with Gasteiger partial charge in [-0.1, -0.05) is 0 Å². The molecule has 0 heterocycles. The average molecular weight is 263 g/mol. The van der Waals surface area contributed by atoms with E-state index in [1.807, 2.05) is 21.1 Å². The molecule has 14 heavy (non-hydrogen) atoms. The van der Waals surface area contributed by atoms with Gasteiger partial charge in [-0.25, -0.2) is 0 Å². The monoisotopic (exact) mass is 262 g/mol. The number of likely N-dealkylation sites (N-methyl/N-ethyl adjacent to an activating group) is 1. The van der Waals surface area contributed by atoms with Gasteiger partial charge < -0.3 is 9.22 Å². The summed E-state index contributed by atoms with van der Waals surface area (Å²) in [5.74, 6) is -3.96. The number of carbonyl (C=O) groups is 1. The maximum Gasteiger partial charge on any atom is 0.315 e. The first kappa shape index (κ1) is 14.2. The molecular formula is C7H15Cl2NO3P+. The summed E-state index contributed by atoms with van der Waals surface area (Å²) in [6, 6.07) is 0. The molecular weight excluding hydrogens is 248 g/mol. The number of nitrogens with zero attached hydrogens (tertiary/aromatic N) is 1. The van der Waals surface area contributed by atoms with Crippen molar-refractivity contribution in [1.29, 1.82) is 0 Å². The number of hydrogen-bond acceptors (Lipinski definition) is 3. The van der Waals surface area contributed by atoms with Crippen molar-refractivity contribution in [3.8, 4) is 0 Å². The van der Waals surface area contributed by atoms with Crippen molar-refractivity contribution in [2.75, 3.05) is 40.5 Å². The second-order valence-electron chi connectivity index (χ2n) is 3.96. The molecule has 0 aliphatic heterocycles. The van der Waals surface area contributed by atoms with Crippen LogP contribution in [0.3, 0.4) is 0 Å². The zero-order valence-corrected chi connectivity index (χ0v) is 10.9. The van der Waals surface area contributed by atoms with Crippen molar-refractivity contribution in [1.82, 2.24) is 0 Å². The smallest absolute Gasteiger partial charge is 0.315 e. The van der Waals surface area contributed by atoms with E-state index in [-0.39, 0.29) is 6.61 Å². The van der Waals surface area contributed by atoms with Gasteiger partial charge in [-0.15, -0.1) is 0 Å². The largest absolute Gasteiger partial charge is 0.459 e. The van der Waals surface area contributed by atoms with Gasteiger partial charge in [0.2, 0.25) is 0 Å². The molecule has 0 aromatic heterocycles. The summed E-state index contributed by atoms with van der Waals surface area (Å²) in [5, 5.41) is 0. The highest BCUT2D eigenvalue weighted by molar-refractivity contribution is 8.09. The molecule has 0 rings (SSSR count). The molecule has 0 bridgehead atoms. The van der Waals surface area contributed by atoms with Crippen LogP contribution in [-0.4, -0.2) is 50.9 Å². The van der Waals surface area contributed by atoms with Crippen molar-refractivity contribution in [3.63, 3.8) is 0 Å². The summed E-state index contributed by atoms with van der Waals surface area (Å²) in [4.78, 5) is 11.0. The van der Waals surface area contributed by atoms with Gasteiger partial charge in [0.05, 0.1) is 21.1 Å². The van der Waals surface area contributed by atoms with Crippen LogP contribution in [0, 0.1) is 0 Å². The van der Waals surface area contributed by atoms with Crippen molar-refractivity contribution in [2.24, 2.45) is 0 Å². The van der Waals surface area contributed by atoms with E-state index in [0.29, 0.717) is 11.0 Å². The molecule has 0 amide bonds. The third kappa shape index (κ3) is 10.3. The summed E-state index contributed by atoms with van der Waals surface area (Å²) in [5.41, 5.74) is 0. The maximum absolute atomic E-state index is 11.0. The maximum atomic E-state index is 11.0. The Morgan fingerprint density at radius 2 is 1.86 bits per heavy atom. The van der Waals surface area contributed by atoms with E-state index in [4.69, 9.17) is 27.2 Å². The predicted molar refractivity (Wildman–Crippen MR) is 58.0 cm³/mol. The number of quaternary nitrogens is 1. The molecule has 0 saturated carbocycles. The van der Waals surface area contributed by atoms with E-state index in [0.717, 1.165) is 0 Å². The Balaban J connectivity index is 3.72. The fraction of sp³-hybridized carbons (Fsp3) is 0.857. The number of ether oxygens (including phenoxy) is 1. The minimum atomic E-state index is -3.34. The first-order chi connectivity index (χ1) is 6.10. The molecule has 0 aromatic carbocycles. The van der Waals surface area contributed by atoms with Gasteiger partial charge in [-0.2, -0.15) is 0 Å². The van der Waals surface area contributed by atoms with Gasteiger partial charge in [-0.3, -0.25) is 9.36 Å². The molecule has 0 atom stereocenters. The zero-order valence-electron chi connectivity index (χ0n) is 8.50. The van der Waals surface area contributed by atoms with E-state index >= 15 is 0 Å². The van der Waals surface area contributed by atoms with Crippen LogP contribution in [0.4, 0.5) is 0 Å². The lowest BCUT2D eigenvalue weighted by atomic mass is 10.5. The molecule has 7 heteroatoms. The van der Waals surface area contributed by atoms with Crippen molar-refractivity contribution >= 4 is 34.3 Å². The van der Waals surface area contributed by atoms with Crippen LogP contribution in [0.1, 0.15) is 0 Å². The Bertz CT molecular complexity index is 246. The van der Waals surface area contributed by atoms with E-state index in [1.54, 1.807) is 0 Å². The van der Waals surface area contributed by atoms with Gasteiger partial charge in [-0.05, 0) is 22.5 Å². The van der Waals surface area contributed by atoms with Gasteiger partial charge in [0.25, 0.3) is 5.85 Å². The van der Waals surface area contributed by atoms with Crippen LogP contribution in [0.2, 0.25) is 0 Å². The molecule has 0 unspecified atom stereocenters. The van der Waals surface area contributed by atoms with E-state index in [2.05, 4.69) is 0 Å². The lowest BCUT2D eigenvalue weighted by Gasteiger charge is -2.23. The molecule has 0 aliphatic rings. The summed E-state index contributed by atoms with van der Waals surface area (Å²) in [6.07, 6.45) is -0.423. The molecule has 0 fully saturated rings. The summed E-state index contributed by atoms with van der Waals surface area (Å²) in [7, 11) is 5.92. The third-order valence-corrected chi connectivity index (χ3v) is 2.68. The molecule has 84 valence electrons. The van der Waals surface area contributed by atoms with E-state index < -0.39 is 18.0 Å². The molecule has 0 saturated heterocycles. The quantitative estimate of drug-likeness (QED) is 0.432. The summed E-state index contributed by atoms with van der Waals surface area (Å²) < 4.78 is 16.3. The number of hydrogen-bond donors (Lipinski definition) is 0. The van der Waals surface area contributed by atoms with E-state index in [1.165, 1.54) is 0 Å². The highest BCUT2D eigenvalue weighted by Gasteiger charge is 2.21. The Morgan fingerprint density at radius 3 is 2.21 bits per heavy atom. The first-order valence-electron chi connectivity index (χ1n) is 4.05. The topological polar surface area (TPSA) is 43.4 Å². The molecule has 0 aliphatic carbocycles. The standard InChI is InChI=1S/C7H15Cl2NO3P/c1-10(2,3)4-5-13-7(11)6-14(8,9)12/h4-6H2,1-3H3/q+1. The highest BCUT2D eigenvalue weighted by atomic mass is 35.9. The molecule has 0 aromatic rings. The van der Waals surface area contributed by atoms with Crippen LogP contribution in [0.25, 0.3) is 0 Å². The van der Waals surface area contributed by atoms with Crippen LogP contribution >= 0.6 is 28.3 Å². The summed E-state index contributed by atoms with van der Waals surface area (Å²) in [6.45, 7) is 0.955. The second kappa shape index (κ2) is 5.36.